The van der Waals surface area contributed by atoms with Gasteiger partial charge in [0, 0.05) is 25.3 Å². The van der Waals surface area contributed by atoms with Gasteiger partial charge in [0.25, 0.3) is 5.56 Å². The topological polar surface area (TPSA) is 93.5 Å². The highest BCUT2D eigenvalue weighted by Gasteiger charge is 2.43. The molecule has 7 nitrogen and oxygen atoms in total. The molecule has 18 heavy (non-hydrogen) atoms. The van der Waals surface area contributed by atoms with Crippen LogP contribution in [0.3, 0.4) is 0 Å². The number of hydrogen-bond donors (Lipinski definition) is 2. The van der Waals surface area contributed by atoms with Crippen molar-refractivity contribution in [3.05, 3.63) is 33.1 Å². The van der Waals surface area contributed by atoms with Gasteiger partial charge in [0.05, 0.1) is 12.7 Å². The van der Waals surface area contributed by atoms with E-state index < -0.39 is 23.6 Å². The summed E-state index contributed by atoms with van der Waals surface area (Å²) >= 11 is 0. The van der Waals surface area contributed by atoms with E-state index in [1.807, 2.05) is 6.92 Å². The fourth-order valence-corrected chi connectivity index (χ4v) is 2.34. The van der Waals surface area contributed by atoms with E-state index in [2.05, 4.69) is 4.98 Å². The van der Waals surface area contributed by atoms with Gasteiger partial charge in [0.15, 0.2) is 0 Å². The Morgan fingerprint density at radius 2 is 2.28 bits per heavy atom. The molecular weight excluding hydrogens is 240 g/mol. The van der Waals surface area contributed by atoms with Crippen LogP contribution in [0.25, 0.3) is 0 Å². The van der Waals surface area contributed by atoms with Crippen LogP contribution in [0.1, 0.15) is 13.2 Å². The van der Waals surface area contributed by atoms with Crippen molar-refractivity contribution in [3.63, 3.8) is 0 Å². The smallest absolute Gasteiger partial charge is 0.330 e. The maximum absolute atomic E-state index is 11.7. The number of nitrogens with one attached hydrogen (secondary N) is 1. The Labute approximate surface area is 103 Å². The van der Waals surface area contributed by atoms with Gasteiger partial charge in [-0.15, -0.1) is 0 Å². The highest BCUT2D eigenvalue weighted by atomic mass is 16.6. The summed E-state index contributed by atoms with van der Waals surface area (Å²) in [6, 6.07) is 1.26. The van der Waals surface area contributed by atoms with Crippen LogP contribution < -0.4 is 11.2 Å². The lowest BCUT2D eigenvalue weighted by molar-refractivity contribution is -0.0540. The Balaban J connectivity index is 2.34. The molecule has 2 N–H and O–H groups in total. The number of aliphatic hydroxyl groups excluding tert-OH is 1. The van der Waals surface area contributed by atoms with E-state index in [0.717, 1.165) is 0 Å². The fraction of sp³-hybridized carbons (Fsp3) is 0.636. The van der Waals surface area contributed by atoms with E-state index in [1.165, 1.54) is 23.9 Å². The molecule has 4 unspecified atom stereocenters. The summed E-state index contributed by atoms with van der Waals surface area (Å²) in [4.78, 5) is 24.9. The molecule has 0 saturated carbocycles. The highest BCUT2D eigenvalue weighted by molar-refractivity contribution is 4.91. The minimum atomic E-state index is -0.559. The number of aromatic nitrogens is 2. The van der Waals surface area contributed by atoms with E-state index in [-0.39, 0.29) is 18.6 Å². The lowest BCUT2D eigenvalue weighted by Gasteiger charge is -2.19. The molecule has 1 saturated heterocycles. The number of rotatable bonds is 3. The lowest BCUT2D eigenvalue weighted by atomic mass is 10.0. The van der Waals surface area contributed by atoms with Crippen LogP contribution in [0.5, 0.6) is 0 Å². The molecule has 1 fully saturated rings. The summed E-state index contributed by atoms with van der Waals surface area (Å²) in [7, 11) is 1.53. The highest BCUT2D eigenvalue weighted by Crippen LogP contribution is 2.34. The number of aliphatic hydroxyl groups is 1. The first-order valence-corrected chi connectivity index (χ1v) is 5.69. The molecule has 4 atom stereocenters. The molecule has 1 aromatic rings. The summed E-state index contributed by atoms with van der Waals surface area (Å²) in [6.07, 6.45) is 0.0542. The molecule has 7 heteroatoms. The minimum absolute atomic E-state index is 0.115. The normalized spacial score (nSPS) is 31.7. The van der Waals surface area contributed by atoms with E-state index >= 15 is 0 Å². The Hall–Kier alpha value is -1.44. The summed E-state index contributed by atoms with van der Waals surface area (Å²) in [5.74, 6) is -0.115. The zero-order valence-electron chi connectivity index (χ0n) is 10.2. The average molecular weight is 256 g/mol. The van der Waals surface area contributed by atoms with Gasteiger partial charge >= 0.3 is 5.69 Å². The quantitative estimate of drug-likeness (QED) is 0.729. The average Bonchev–Trinajstić information content (AvgIpc) is 2.66. The van der Waals surface area contributed by atoms with E-state index in [4.69, 9.17) is 9.47 Å². The Bertz CT molecular complexity index is 523. The first-order chi connectivity index (χ1) is 8.58. The minimum Gasteiger partial charge on any atom is -0.394 e. The van der Waals surface area contributed by atoms with Gasteiger partial charge in [-0.05, 0) is 0 Å². The largest absolute Gasteiger partial charge is 0.394 e. The molecule has 100 valence electrons. The molecule has 0 radical (unpaired) electrons. The molecule has 1 aliphatic heterocycles. The van der Waals surface area contributed by atoms with E-state index in [0.29, 0.717) is 0 Å². The molecule has 1 aromatic heterocycles. The second-order valence-electron chi connectivity index (χ2n) is 4.32. The maximum Gasteiger partial charge on any atom is 0.330 e. The van der Waals surface area contributed by atoms with Gasteiger partial charge in [-0.1, -0.05) is 6.92 Å². The molecule has 0 aliphatic carbocycles. The summed E-state index contributed by atoms with van der Waals surface area (Å²) in [5.41, 5.74) is -0.989. The van der Waals surface area contributed by atoms with Crippen LogP contribution in [-0.2, 0) is 9.47 Å². The zero-order valence-corrected chi connectivity index (χ0v) is 10.2. The summed E-state index contributed by atoms with van der Waals surface area (Å²) in [6.45, 7) is 1.68. The van der Waals surface area contributed by atoms with E-state index in [1.54, 1.807) is 0 Å². The van der Waals surface area contributed by atoms with Crippen molar-refractivity contribution in [1.82, 2.24) is 9.55 Å². The second kappa shape index (κ2) is 5.05. The Morgan fingerprint density at radius 1 is 1.56 bits per heavy atom. The van der Waals surface area contributed by atoms with Gasteiger partial charge in [-0.25, -0.2) is 4.79 Å². The van der Waals surface area contributed by atoms with Crippen molar-refractivity contribution in [3.8, 4) is 0 Å². The van der Waals surface area contributed by atoms with Crippen LogP contribution in [0.4, 0.5) is 0 Å². The molecule has 1 aliphatic rings. The van der Waals surface area contributed by atoms with Gasteiger partial charge in [0.2, 0.25) is 0 Å². The maximum atomic E-state index is 11.7. The van der Waals surface area contributed by atoms with Crippen LogP contribution >= 0.6 is 0 Å². The predicted molar refractivity (Wildman–Crippen MR) is 62.3 cm³/mol. The standard InChI is InChI=1S/C11H16N2O5/c1-6-9(17-2)7(5-14)18-10(6)13-4-3-8(15)12-11(13)16/h3-4,6-7,9-10,14H,5H2,1-2H3,(H,12,15,16). The summed E-state index contributed by atoms with van der Waals surface area (Å²) < 4.78 is 12.2. The molecular formula is C11H16N2O5. The molecule has 0 bridgehead atoms. The van der Waals surface area contributed by atoms with Crippen LogP contribution in [0.15, 0.2) is 21.9 Å². The van der Waals surface area contributed by atoms with Crippen molar-refractivity contribution in [2.75, 3.05) is 13.7 Å². The van der Waals surface area contributed by atoms with Gasteiger partial charge in [0.1, 0.15) is 12.3 Å². The monoisotopic (exact) mass is 256 g/mol. The van der Waals surface area contributed by atoms with Gasteiger partial charge < -0.3 is 14.6 Å². The SMILES string of the molecule is COC1C(CO)OC(n2ccc(=O)[nH]c2=O)C1C. The third-order valence-corrected chi connectivity index (χ3v) is 3.23. The first kappa shape index (κ1) is 13.0. The fourth-order valence-electron chi connectivity index (χ4n) is 2.34. The number of aromatic amines is 1. The number of ether oxygens (including phenoxy) is 2. The van der Waals surface area contributed by atoms with Gasteiger partial charge in [-0.3, -0.25) is 14.3 Å². The molecule has 2 heterocycles. The predicted octanol–water partition coefficient (Wildman–Crippen LogP) is -0.923. The second-order valence-corrected chi connectivity index (χ2v) is 4.32. The number of methoxy groups -OCH3 is 1. The number of hydrogen-bond acceptors (Lipinski definition) is 5. The van der Waals surface area contributed by atoms with Crippen molar-refractivity contribution >= 4 is 0 Å². The van der Waals surface area contributed by atoms with Crippen LogP contribution in [0, 0.1) is 5.92 Å². The van der Waals surface area contributed by atoms with Crippen LogP contribution in [0.2, 0.25) is 0 Å². The Kier molecular flexibility index (Phi) is 3.65. The third-order valence-electron chi connectivity index (χ3n) is 3.23. The first-order valence-electron chi connectivity index (χ1n) is 5.69. The van der Waals surface area contributed by atoms with Crippen molar-refractivity contribution in [2.45, 2.75) is 25.4 Å². The van der Waals surface area contributed by atoms with Crippen molar-refractivity contribution in [2.24, 2.45) is 5.92 Å². The van der Waals surface area contributed by atoms with Crippen LogP contribution in [-0.4, -0.2) is 40.6 Å². The number of nitrogens with zero attached hydrogens (tertiary/aromatic N) is 1. The third kappa shape index (κ3) is 2.12. The zero-order chi connectivity index (χ0) is 13.3. The van der Waals surface area contributed by atoms with Crippen molar-refractivity contribution in [1.29, 1.82) is 0 Å². The lowest BCUT2D eigenvalue weighted by Crippen LogP contribution is -2.34. The van der Waals surface area contributed by atoms with Crippen molar-refractivity contribution < 1.29 is 14.6 Å². The van der Waals surface area contributed by atoms with E-state index in [9.17, 15) is 14.7 Å². The molecule has 0 amide bonds. The molecule has 2 rings (SSSR count). The summed E-state index contributed by atoms with van der Waals surface area (Å²) in [5, 5.41) is 9.21. The van der Waals surface area contributed by atoms with Gasteiger partial charge in [-0.2, -0.15) is 0 Å². The number of H-pyrrole nitrogens is 1. The molecule has 0 aromatic carbocycles. The Morgan fingerprint density at radius 3 is 2.78 bits per heavy atom. The molecule has 0 spiro atoms.